The summed E-state index contributed by atoms with van der Waals surface area (Å²) in [5.74, 6) is 1.72. The quantitative estimate of drug-likeness (QED) is 0.614. The largest absolute Gasteiger partial charge is 0.372 e. The van der Waals surface area contributed by atoms with Crippen LogP contribution in [0.3, 0.4) is 0 Å². The summed E-state index contributed by atoms with van der Waals surface area (Å²) in [6, 6.07) is 0. The molecule has 2 aliphatic heterocycles. The van der Waals surface area contributed by atoms with Gasteiger partial charge in [0.1, 0.15) is 0 Å². The third-order valence-corrected chi connectivity index (χ3v) is 3.59. The predicted molar refractivity (Wildman–Crippen MR) is 53.7 cm³/mol. The van der Waals surface area contributed by atoms with E-state index in [0.717, 1.165) is 31.5 Å². The van der Waals surface area contributed by atoms with Crippen LogP contribution in [0.1, 0.15) is 26.7 Å². The average Bonchev–Trinajstić information content (AvgIpc) is 2.02. The van der Waals surface area contributed by atoms with Crippen LogP contribution in [0.25, 0.3) is 0 Å². The standard InChI is InChI=1S/C11H21NO/c1-9(2)10-4-5-13-11(6-10)7-12(3)8-11/h9-10H,4-8H2,1-3H3. The molecule has 0 amide bonds. The van der Waals surface area contributed by atoms with Crippen LogP contribution in [0.4, 0.5) is 0 Å². The molecule has 2 rings (SSSR count). The Hall–Kier alpha value is -0.0800. The Morgan fingerprint density at radius 2 is 2.08 bits per heavy atom. The van der Waals surface area contributed by atoms with Gasteiger partial charge in [0.15, 0.2) is 0 Å². The summed E-state index contributed by atoms with van der Waals surface area (Å²) in [7, 11) is 2.17. The SMILES string of the molecule is CC(C)C1CCOC2(C1)CN(C)C2. The van der Waals surface area contributed by atoms with Gasteiger partial charge in [-0.3, -0.25) is 0 Å². The van der Waals surface area contributed by atoms with Crippen LogP contribution >= 0.6 is 0 Å². The topological polar surface area (TPSA) is 12.5 Å². The fourth-order valence-corrected chi connectivity index (χ4v) is 2.79. The fourth-order valence-electron chi connectivity index (χ4n) is 2.79. The number of ether oxygens (including phenoxy) is 1. The molecule has 1 atom stereocenters. The predicted octanol–water partition coefficient (Wildman–Crippen LogP) is 1.75. The highest BCUT2D eigenvalue weighted by Gasteiger charge is 2.46. The summed E-state index contributed by atoms with van der Waals surface area (Å²) in [6.07, 6.45) is 2.55. The van der Waals surface area contributed by atoms with Crippen molar-refractivity contribution in [1.82, 2.24) is 4.90 Å². The van der Waals surface area contributed by atoms with Crippen molar-refractivity contribution in [2.24, 2.45) is 11.8 Å². The molecule has 0 saturated carbocycles. The van der Waals surface area contributed by atoms with Crippen LogP contribution in [0.5, 0.6) is 0 Å². The van der Waals surface area contributed by atoms with Gasteiger partial charge in [-0.25, -0.2) is 0 Å². The smallest absolute Gasteiger partial charge is 0.0937 e. The molecule has 2 aliphatic rings. The molecule has 0 aromatic carbocycles. The minimum absolute atomic E-state index is 0.252. The highest BCUT2D eigenvalue weighted by atomic mass is 16.5. The molecule has 2 heterocycles. The zero-order chi connectivity index (χ0) is 9.47. The van der Waals surface area contributed by atoms with Gasteiger partial charge in [-0.05, 0) is 31.7 Å². The molecule has 0 aliphatic carbocycles. The highest BCUT2D eigenvalue weighted by Crippen LogP contribution is 2.38. The lowest BCUT2D eigenvalue weighted by atomic mass is 9.76. The van der Waals surface area contributed by atoms with Crippen LogP contribution in [-0.4, -0.2) is 37.2 Å². The summed E-state index contributed by atoms with van der Waals surface area (Å²) in [5, 5.41) is 0. The molecule has 2 nitrogen and oxygen atoms in total. The van der Waals surface area contributed by atoms with Gasteiger partial charge < -0.3 is 9.64 Å². The number of hydrogen-bond donors (Lipinski definition) is 0. The Bertz CT molecular complexity index is 179. The summed E-state index contributed by atoms with van der Waals surface area (Å²) in [4.78, 5) is 2.35. The molecule has 0 aromatic heterocycles. The van der Waals surface area contributed by atoms with E-state index in [9.17, 15) is 0 Å². The molecule has 2 heteroatoms. The zero-order valence-corrected chi connectivity index (χ0v) is 9.05. The summed E-state index contributed by atoms with van der Waals surface area (Å²) >= 11 is 0. The second-order valence-electron chi connectivity index (χ2n) is 5.20. The first-order chi connectivity index (χ1) is 6.11. The van der Waals surface area contributed by atoms with Gasteiger partial charge in [0.2, 0.25) is 0 Å². The number of rotatable bonds is 1. The molecule has 0 bridgehead atoms. The van der Waals surface area contributed by atoms with Crippen molar-refractivity contribution in [2.45, 2.75) is 32.3 Å². The lowest BCUT2D eigenvalue weighted by Gasteiger charge is -2.52. The molecule has 1 unspecified atom stereocenters. The Labute approximate surface area is 81.3 Å². The Kier molecular flexibility index (Phi) is 2.37. The van der Waals surface area contributed by atoms with E-state index in [1.54, 1.807) is 0 Å². The van der Waals surface area contributed by atoms with Gasteiger partial charge in [-0.1, -0.05) is 13.8 Å². The average molecular weight is 183 g/mol. The number of nitrogens with zero attached hydrogens (tertiary/aromatic N) is 1. The number of likely N-dealkylation sites (N-methyl/N-ethyl adjacent to an activating group) is 1. The van der Waals surface area contributed by atoms with Crippen molar-refractivity contribution in [3.8, 4) is 0 Å². The van der Waals surface area contributed by atoms with E-state index in [-0.39, 0.29) is 5.60 Å². The van der Waals surface area contributed by atoms with Crippen LogP contribution in [0.2, 0.25) is 0 Å². The molecule has 1 spiro atoms. The molecule has 0 N–H and O–H groups in total. The Morgan fingerprint density at radius 3 is 2.62 bits per heavy atom. The first-order valence-electron chi connectivity index (χ1n) is 5.44. The zero-order valence-electron chi connectivity index (χ0n) is 9.05. The van der Waals surface area contributed by atoms with Crippen molar-refractivity contribution in [3.05, 3.63) is 0 Å². The fraction of sp³-hybridized carbons (Fsp3) is 1.00. The molecular weight excluding hydrogens is 162 g/mol. The normalized spacial score (nSPS) is 33.7. The van der Waals surface area contributed by atoms with Gasteiger partial charge >= 0.3 is 0 Å². The van der Waals surface area contributed by atoms with Crippen LogP contribution in [0, 0.1) is 11.8 Å². The van der Waals surface area contributed by atoms with E-state index in [2.05, 4.69) is 25.8 Å². The van der Waals surface area contributed by atoms with Crippen molar-refractivity contribution in [2.75, 3.05) is 26.7 Å². The molecular formula is C11H21NO. The molecule has 2 saturated heterocycles. The minimum atomic E-state index is 0.252. The van der Waals surface area contributed by atoms with Gasteiger partial charge in [0.25, 0.3) is 0 Å². The van der Waals surface area contributed by atoms with Crippen LogP contribution < -0.4 is 0 Å². The maximum Gasteiger partial charge on any atom is 0.0937 e. The first-order valence-corrected chi connectivity index (χ1v) is 5.44. The Morgan fingerprint density at radius 1 is 1.38 bits per heavy atom. The van der Waals surface area contributed by atoms with E-state index >= 15 is 0 Å². The van der Waals surface area contributed by atoms with Crippen LogP contribution in [0.15, 0.2) is 0 Å². The number of likely N-dealkylation sites (tertiary alicyclic amines) is 1. The van der Waals surface area contributed by atoms with Crippen LogP contribution in [-0.2, 0) is 4.74 Å². The van der Waals surface area contributed by atoms with Crippen molar-refractivity contribution >= 4 is 0 Å². The molecule has 76 valence electrons. The van der Waals surface area contributed by atoms with E-state index in [1.165, 1.54) is 12.8 Å². The van der Waals surface area contributed by atoms with E-state index in [4.69, 9.17) is 4.74 Å². The third-order valence-electron chi connectivity index (χ3n) is 3.59. The summed E-state index contributed by atoms with van der Waals surface area (Å²) in [6.45, 7) is 7.96. The van der Waals surface area contributed by atoms with Gasteiger partial charge in [0.05, 0.1) is 5.60 Å². The molecule has 13 heavy (non-hydrogen) atoms. The van der Waals surface area contributed by atoms with Gasteiger partial charge in [-0.2, -0.15) is 0 Å². The molecule has 0 aromatic rings. The monoisotopic (exact) mass is 183 g/mol. The second kappa shape index (κ2) is 3.25. The van der Waals surface area contributed by atoms with Crippen molar-refractivity contribution in [1.29, 1.82) is 0 Å². The molecule has 2 fully saturated rings. The summed E-state index contributed by atoms with van der Waals surface area (Å²) < 4.78 is 5.91. The summed E-state index contributed by atoms with van der Waals surface area (Å²) in [5.41, 5.74) is 0.252. The van der Waals surface area contributed by atoms with E-state index in [1.807, 2.05) is 0 Å². The maximum absolute atomic E-state index is 5.91. The first kappa shape index (κ1) is 9.47. The highest BCUT2D eigenvalue weighted by molar-refractivity contribution is 4.99. The maximum atomic E-state index is 5.91. The lowest BCUT2D eigenvalue weighted by Crippen LogP contribution is -2.64. The minimum Gasteiger partial charge on any atom is -0.372 e. The Balaban J connectivity index is 1.93. The van der Waals surface area contributed by atoms with Crippen molar-refractivity contribution in [3.63, 3.8) is 0 Å². The third kappa shape index (κ3) is 1.75. The van der Waals surface area contributed by atoms with E-state index in [0.29, 0.717) is 0 Å². The van der Waals surface area contributed by atoms with E-state index < -0.39 is 0 Å². The second-order valence-corrected chi connectivity index (χ2v) is 5.20. The molecule has 0 radical (unpaired) electrons. The number of hydrogen-bond acceptors (Lipinski definition) is 2. The lowest BCUT2D eigenvalue weighted by molar-refractivity contribution is -0.176. The van der Waals surface area contributed by atoms with Gasteiger partial charge in [0, 0.05) is 19.7 Å². The van der Waals surface area contributed by atoms with Crippen molar-refractivity contribution < 1.29 is 4.74 Å². The van der Waals surface area contributed by atoms with Gasteiger partial charge in [-0.15, -0.1) is 0 Å².